The summed E-state index contributed by atoms with van der Waals surface area (Å²) in [6, 6.07) is 6.27. The van der Waals surface area contributed by atoms with E-state index in [1.54, 1.807) is 57.0 Å². The molecule has 0 saturated heterocycles. The van der Waals surface area contributed by atoms with Crippen LogP contribution in [-0.4, -0.2) is 41.0 Å². The van der Waals surface area contributed by atoms with E-state index in [4.69, 9.17) is 20.3 Å². The van der Waals surface area contributed by atoms with E-state index in [2.05, 4.69) is 28.5 Å². The highest BCUT2D eigenvalue weighted by molar-refractivity contribution is 6.10. The minimum absolute atomic E-state index is 0.182. The van der Waals surface area contributed by atoms with E-state index in [1.165, 1.54) is 12.1 Å². The molecule has 8 nitrogen and oxygen atoms in total. The van der Waals surface area contributed by atoms with Gasteiger partial charge < -0.3 is 25.3 Å². The molecule has 0 unspecified atom stereocenters. The number of aromatic amines is 1. The minimum Gasteiger partial charge on any atom is -0.497 e. The summed E-state index contributed by atoms with van der Waals surface area (Å²) < 4.78 is 10.9. The van der Waals surface area contributed by atoms with Crippen molar-refractivity contribution in [2.24, 2.45) is 10.7 Å². The number of hydrogen-bond acceptors (Lipinski definition) is 6. The topological polar surface area (TPSA) is 123 Å². The molecule has 0 spiro atoms. The Morgan fingerprint density at radius 1 is 1.17 bits per heavy atom. The van der Waals surface area contributed by atoms with Crippen LogP contribution in [0.15, 0.2) is 83.7 Å². The minimum atomic E-state index is -0.999. The van der Waals surface area contributed by atoms with Crippen LogP contribution < -0.4 is 5.73 Å². The number of allylic oxidation sites excluding steroid dienone is 4. The van der Waals surface area contributed by atoms with Crippen LogP contribution in [0.25, 0.3) is 5.70 Å². The van der Waals surface area contributed by atoms with Crippen molar-refractivity contribution in [2.45, 2.75) is 40.0 Å². The number of H-pyrrole nitrogens is 1. The Kier molecular flexibility index (Phi) is 13.0. The van der Waals surface area contributed by atoms with Crippen LogP contribution in [0.2, 0.25) is 0 Å². The van der Waals surface area contributed by atoms with Gasteiger partial charge in [-0.15, -0.1) is 0 Å². The highest BCUT2D eigenvalue weighted by atomic mass is 16.5. The van der Waals surface area contributed by atoms with Crippen molar-refractivity contribution in [3.63, 3.8) is 0 Å². The van der Waals surface area contributed by atoms with Crippen LogP contribution in [-0.2, 0) is 9.47 Å². The Morgan fingerprint density at radius 3 is 2.34 bits per heavy atom. The molecule has 1 heterocycles. The molecule has 188 valence electrons. The molecule has 2 rings (SSSR count). The molecule has 35 heavy (non-hydrogen) atoms. The summed E-state index contributed by atoms with van der Waals surface area (Å²) in [5.74, 6) is 0.876. The molecule has 0 saturated carbocycles. The van der Waals surface area contributed by atoms with E-state index in [0.29, 0.717) is 34.3 Å². The molecule has 0 amide bonds. The Morgan fingerprint density at radius 2 is 1.83 bits per heavy atom. The number of benzene rings is 1. The molecule has 1 aromatic carbocycles. The van der Waals surface area contributed by atoms with Gasteiger partial charge in [-0.05, 0) is 42.3 Å². The molecule has 0 fully saturated rings. The third-order valence-electron chi connectivity index (χ3n) is 4.69. The summed E-state index contributed by atoms with van der Waals surface area (Å²) in [6.45, 7) is 10.1. The number of aromatic carboxylic acids is 1. The molecular formula is C27H36N4O4. The molecule has 0 bridgehead atoms. The number of carboxylic acids is 1. The normalized spacial score (nSPS) is 12.5. The smallest absolute Gasteiger partial charge is 0.335 e. The summed E-state index contributed by atoms with van der Waals surface area (Å²) in [4.78, 5) is 22.9. The summed E-state index contributed by atoms with van der Waals surface area (Å²) in [5.41, 5.74) is 8.41. The first-order valence-electron chi connectivity index (χ1n) is 11.5. The van der Waals surface area contributed by atoms with Crippen molar-refractivity contribution in [3.05, 3.63) is 95.6 Å². The maximum Gasteiger partial charge on any atom is 0.335 e. The Bertz CT molecular complexity index is 1060. The predicted molar refractivity (Wildman–Crippen MR) is 141 cm³/mol. The highest BCUT2D eigenvalue weighted by Crippen LogP contribution is 2.17. The number of aliphatic imine (C=N–C) groups is 1. The molecule has 0 aliphatic heterocycles. The van der Waals surface area contributed by atoms with Gasteiger partial charge in [-0.25, -0.2) is 14.8 Å². The van der Waals surface area contributed by atoms with Crippen molar-refractivity contribution < 1.29 is 19.4 Å². The van der Waals surface area contributed by atoms with E-state index in [1.807, 2.05) is 13.8 Å². The van der Waals surface area contributed by atoms with E-state index >= 15 is 0 Å². The second-order valence-electron chi connectivity index (χ2n) is 7.04. The zero-order chi connectivity index (χ0) is 26.2. The summed E-state index contributed by atoms with van der Waals surface area (Å²) in [5, 5.41) is 9.07. The van der Waals surface area contributed by atoms with Crippen molar-refractivity contribution in [2.75, 3.05) is 14.2 Å². The Balaban J connectivity index is 0.00000298. The number of methoxy groups -OCH3 is 2. The molecule has 0 aliphatic carbocycles. The molecule has 4 N–H and O–H groups in total. The number of hydrogen-bond donors (Lipinski definition) is 3. The Hall–Kier alpha value is -4.07. The number of aromatic nitrogens is 2. The fourth-order valence-corrected chi connectivity index (χ4v) is 2.90. The van der Waals surface area contributed by atoms with Gasteiger partial charge in [-0.2, -0.15) is 0 Å². The quantitative estimate of drug-likeness (QED) is 0.204. The lowest BCUT2D eigenvalue weighted by atomic mass is 10.1. The lowest BCUT2D eigenvalue weighted by molar-refractivity contribution is 0.0697. The molecule has 0 aliphatic rings. The predicted octanol–water partition coefficient (Wildman–Crippen LogP) is 5.69. The fourth-order valence-electron chi connectivity index (χ4n) is 2.90. The maximum atomic E-state index is 11.1. The van der Waals surface area contributed by atoms with Gasteiger partial charge in [0.2, 0.25) is 0 Å². The molecule has 2 aromatic rings. The standard InChI is InChI=1S/C25H30N4O4.C2H6/c1-5-6-7-22(32-3)23(33-4)13-8-17(2)29-21(24-27-14-15-28-24)16-20(26)18-9-11-19(12-10-18)25(30)31;1-2/h8-16H,2,5-7,26H2,1,3-4H3,(H,27,28)(H,30,31);1-2H3/b13-8-,20-16-,23-22-,29-21?;. The van der Waals surface area contributed by atoms with Crippen molar-refractivity contribution in [1.82, 2.24) is 9.97 Å². The lowest BCUT2D eigenvalue weighted by Gasteiger charge is -2.10. The van der Waals surface area contributed by atoms with Crippen LogP contribution >= 0.6 is 0 Å². The summed E-state index contributed by atoms with van der Waals surface area (Å²) >= 11 is 0. The highest BCUT2D eigenvalue weighted by Gasteiger charge is 2.09. The SMILES string of the molecule is C=C(/C=C\C(OC)=C(/CCCC)OC)N=C(/C=C(\N)c1ccc(C(=O)O)cc1)c1ncc[nH]1.CC. The first kappa shape index (κ1) is 29.0. The number of carbonyl (C=O) groups is 1. The molecule has 1 aromatic heterocycles. The molecule has 0 radical (unpaired) electrons. The third-order valence-corrected chi connectivity index (χ3v) is 4.69. The van der Waals surface area contributed by atoms with Crippen LogP contribution in [0, 0.1) is 0 Å². The van der Waals surface area contributed by atoms with Crippen LogP contribution in [0.5, 0.6) is 0 Å². The van der Waals surface area contributed by atoms with E-state index in [0.717, 1.165) is 25.0 Å². The van der Waals surface area contributed by atoms with Gasteiger partial charge >= 0.3 is 5.97 Å². The first-order chi connectivity index (χ1) is 16.9. The molecular weight excluding hydrogens is 444 g/mol. The second-order valence-corrected chi connectivity index (χ2v) is 7.04. The van der Waals surface area contributed by atoms with Gasteiger partial charge in [0.05, 0.1) is 25.5 Å². The van der Waals surface area contributed by atoms with Gasteiger partial charge in [-0.3, -0.25) is 0 Å². The van der Waals surface area contributed by atoms with Gasteiger partial charge in [0, 0.05) is 24.5 Å². The number of nitrogens with zero attached hydrogens (tertiary/aromatic N) is 2. The van der Waals surface area contributed by atoms with E-state index < -0.39 is 5.97 Å². The van der Waals surface area contributed by atoms with Crippen molar-refractivity contribution in [1.29, 1.82) is 0 Å². The number of rotatable bonds is 12. The van der Waals surface area contributed by atoms with Crippen LogP contribution in [0.4, 0.5) is 0 Å². The van der Waals surface area contributed by atoms with E-state index in [9.17, 15) is 4.79 Å². The summed E-state index contributed by atoms with van der Waals surface area (Å²) in [7, 11) is 3.21. The number of nitrogens with one attached hydrogen (secondary N) is 1. The molecule has 0 atom stereocenters. The fraction of sp³-hybridized carbons (Fsp3) is 0.296. The Labute approximate surface area is 207 Å². The third kappa shape index (κ3) is 9.37. The number of ether oxygens (including phenoxy) is 2. The van der Waals surface area contributed by atoms with Gasteiger partial charge in [0.25, 0.3) is 0 Å². The van der Waals surface area contributed by atoms with Crippen LogP contribution in [0.3, 0.4) is 0 Å². The summed E-state index contributed by atoms with van der Waals surface area (Å²) in [6.07, 6.45) is 11.2. The van der Waals surface area contributed by atoms with Crippen molar-refractivity contribution in [3.8, 4) is 0 Å². The lowest BCUT2D eigenvalue weighted by Crippen LogP contribution is -2.06. The number of nitrogens with two attached hydrogens (primary N) is 1. The monoisotopic (exact) mass is 480 g/mol. The largest absolute Gasteiger partial charge is 0.497 e. The van der Waals surface area contributed by atoms with Crippen molar-refractivity contribution >= 4 is 17.4 Å². The van der Waals surface area contributed by atoms with Gasteiger partial charge in [0.1, 0.15) is 11.5 Å². The number of carboxylic acid groups (broad SMARTS) is 1. The second kappa shape index (κ2) is 15.7. The molecule has 8 heteroatoms. The van der Waals surface area contributed by atoms with Gasteiger partial charge in [0.15, 0.2) is 11.6 Å². The first-order valence-corrected chi connectivity index (χ1v) is 11.5. The van der Waals surface area contributed by atoms with Gasteiger partial charge in [-0.1, -0.05) is 45.9 Å². The maximum absolute atomic E-state index is 11.1. The average Bonchev–Trinajstić information content (AvgIpc) is 3.42. The zero-order valence-electron chi connectivity index (χ0n) is 21.2. The number of imidazole rings is 1. The average molecular weight is 481 g/mol. The van der Waals surface area contributed by atoms with Crippen LogP contribution in [0.1, 0.15) is 61.8 Å². The zero-order valence-corrected chi connectivity index (χ0v) is 21.2. The van der Waals surface area contributed by atoms with E-state index in [-0.39, 0.29) is 5.56 Å². The number of unbranched alkanes of at least 4 members (excludes halogenated alkanes) is 1.